The third-order valence-electron chi connectivity index (χ3n) is 1.28. The molecule has 0 aromatic rings. The van der Waals surface area contributed by atoms with Crippen LogP contribution in [0.4, 0.5) is 0 Å². The van der Waals surface area contributed by atoms with Crippen molar-refractivity contribution in [2.24, 2.45) is 0 Å². The van der Waals surface area contributed by atoms with Crippen molar-refractivity contribution in [1.29, 1.82) is 0 Å². The first-order chi connectivity index (χ1) is 5.31. The van der Waals surface area contributed by atoms with Gasteiger partial charge in [-0.25, -0.2) is 0 Å². The minimum atomic E-state index is 0.792. The summed E-state index contributed by atoms with van der Waals surface area (Å²) in [5, 5.41) is 1.04. The zero-order valence-corrected chi connectivity index (χ0v) is 8.99. The Morgan fingerprint density at radius 3 is 2.82 bits per heavy atom. The van der Waals surface area contributed by atoms with Crippen molar-refractivity contribution in [2.45, 2.75) is 26.7 Å². The fourth-order valence-electron chi connectivity index (χ4n) is 0.737. The van der Waals surface area contributed by atoms with Gasteiger partial charge in [0.1, 0.15) is 0 Å². The van der Waals surface area contributed by atoms with E-state index >= 15 is 0 Å². The minimum Gasteiger partial charge on any atom is -0.377 e. The summed E-state index contributed by atoms with van der Waals surface area (Å²) in [4.78, 5) is 0. The molecule has 0 amide bonds. The molecule has 0 bridgehead atoms. The Balaban J connectivity index is 3.27. The third-order valence-corrected chi connectivity index (χ3v) is 1.74. The Bertz CT molecular complexity index is 110. The summed E-state index contributed by atoms with van der Waals surface area (Å²) in [7, 11) is 0. The van der Waals surface area contributed by atoms with E-state index in [1.807, 2.05) is 0 Å². The molecule has 0 spiro atoms. The van der Waals surface area contributed by atoms with Crippen molar-refractivity contribution in [1.82, 2.24) is 0 Å². The van der Waals surface area contributed by atoms with Crippen LogP contribution in [-0.4, -0.2) is 18.5 Å². The summed E-state index contributed by atoms with van der Waals surface area (Å²) < 4.78 is 5.36. The predicted molar refractivity (Wildman–Crippen MR) is 53.3 cm³/mol. The molecule has 0 aromatic carbocycles. The molecule has 0 atom stereocenters. The van der Waals surface area contributed by atoms with E-state index in [-0.39, 0.29) is 0 Å². The summed E-state index contributed by atoms with van der Waals surface area (Å²) in [5.41, 5.74) is 1.33. The molecule has 11 heavy (non-hydrogen) atoms. The Kier molecular flexibility index (Phi) is 8.41. The van der Waals surface area contributed by atoms with Crippen molar-refractivity contribution in [3.63, 3.8) is 0 Å². The lowest BCUT2D eigenvalue weighted by Crippen LogP contribution is -1.96. The number of halogens is 1. The molecule has 0 aliphatic carbocycles. The molecule has 0 aliphatic rings. The molecule has 0 aliphatic heterocycles. The van der Waals surface area contributed by atoms with E-state index in [0.717, 1.165) is 31.4 Å². The third kappa shape index (κ3) is 8.08. The van der Waals surface area contributed by atoms with Crippen molar-refractivity contribution >= 4 is 15.9 Å². The molecule has 1 nitrogen and oxygen atoms in total. The molecule has 0 heterocycles. The molecule has 0 rings (SSSR count). The second kappa shape index (κ2) is 8.28. The molecule has 0 N–H and O–H groups in total. The second-order valence-electron chi connectivity index (χ2n) is 2.58. The average molecular weight is 221 g/mol. The number of hydrogen-bond donors (Lipinski definition) is 0. The molecule has 0 saturated carbocycles. The van der Waals surface area contributed by atoms with E-state index in [4.69, 9.17) is 4.74 Å². The van der Waals surface area contributed by atoms with E-state index in [0.29, 0.717) is 0 Å². The summed E-state index contributed by atoms with van der Waals surface area (Å²) in [5.74, 6) is 0. The lowest BCUT2D eigenvalue weighted by molar-refractivity contribution is 0.156. The lowest BCUT2D eigenvalue weighted by Gasteiger charge is -2.01. The first-order valence-corrected chi connectivity index (χ1v) is 5.22. The number of allylic oxidation sites excluding steroid dienone is 1. The van der Waals surface area contributed by atoms with Crippen LogP contribution in [0.25, 0.3) is 0 Å². The Hall–Kier alpha value is 0.180. The van der Waals surface area contributed by atoms with Crippen LogP contribution in [0.3, 0.4) is 0 Å². The minimum absolute atomic E-state index is 0.792. The van der Waals surface area contributed by atoms with Crippen LogP contribution in [0.15, 0.2) is 11.6 Å². The molecule has 66 valence electrons. The van der Waals surface area contributed by atoms with Crippen molar-refractivity contribution < 1.29 is 4.74 Å². The van der Waals surface area contributed by atoms with E-state index in [9.17, 15) is 0 Å². The molecule has 0 radical (unpaired) electrons. The molecular formula is C9H17BrO. The first-order valence-electron chi connectivity index (χ1n) is 4.10. The first kappa shape index (κ1) is 11.2. The average Bonchev–Trinajstić information content (AvgIpc) is 2.01. The largest absolute Gasteiger partial charge is 0.377 e. The highest BCUT2D eigenvalue weighted by atomic mass is 79.9. The van der Waals surface area contributed by atoms with Gasteiger partial charge in [-0.05, 0) is 19.8 Å². The van der Waals surface area contributed by atoms with E-state index in [1.165, 1.54) is 5.57 Å². The van der Waals surface area contributed by atoms with Crippen LogP contribution in [0.5, 0.6) is 0 Å². The van der Waals surface area contributed by atoms with Crippen LogP contribution < -0.4 is 0 Å². The Morgan fingerprint density at radius 2 is 2.27 bits per heavy atom. The van der Waals surface area contributed by atoms with Crippen molar-refractivity contribution in [2.75, 3.05) is 18.5 Å². The quantitative estimate of drug-likeness (QED) is 0.380. The highest BCUT2D eigenvalue weighted by molar-refractivity contribution is 9.09. The van der Waals surface area contributed by atoms with E-state index in [2.05, 4.69) is 35.9 Å². The van der Waals surface area contributed by atoms with Gasteiger partial charge < -0.3 is 4.74 Å². The van der Waals surface area contributed by atoms with Gasteiger partial charge in [-0.2, -0.15) is 0 Å². The van der Waals surface area contributed by atoms with E-state index < -0.39 is 0 Å². The molecule has 0 fully saturated rings. The van der Waals surface area contributed by atoms with Gasteiger partial charge in [0, 0.05) is 11.9 Å². The summed E-state index contributed by atoms with van der Waals surface area (Å²) in [6.45, 7) is 5.90. The normalized spacial score (nSPS) is 12.1. The van der Waals surface area contributed by atoms with E-state index in [1.54, 1.807) is 0 Å². The zero-order chi connectivity index (χ0) is 8.53. The molecule has 2 heteroatoms. The maximum absolute atomic E-state index is 5.36. The van der Waals surface area contributed by atoms with Crippen LogP contribution in [0.1, 0.15) is 26.7 Å². The predicted octanol–water partition coefficient (Wildman–Crippen LogP) is 3.14. The van der Waals surface area contributed by atoms with Gasteiger partial charge in [0.25, 0.3) is 0 Å². The van der Waals surface area contributed by atoms with Gasteiger partial charge in [0.15, 0.2) is 0 Å². The summed E-state index contributed by atoms with van der Waals surface area (Å²) in [6.07, 6.45) is 4.41. The maximum atomic E-state index is 5.36. The highest BCUT2D eigenvalue weighted by Gasteiger charge is 1.88. The van der Waals surface area contributed by atoms with Crippen LogP contribution in [0, 0.1) is 0 Å². The SMILES string of the molecule is CCCOCC(C)=CCCBr. The molecular weight excluding hydrogens is 204 g/mol. The van der Waals surface area contributed by atoms with Gasteiger partial charge in [-0.15, -0.1) is 0 Å². The highest BCUT2D eigenvalue weighted by Crippen LogP contribution is 1.98. The van der Waals surface area contributed by atoms with Gasteiger partial charge in [-0.3, -0.25) is 0 Å². The molecule has 0 saturated heterocycles. The fourth-order valence-corrected chi connectivity index (χ4v) is 0.966. The van der Waals surface area contributed by atoms with Crippen LogP contribution in [0.2, 0.25) is 0 Å². The standard InChI is InChI=1S/C9H17BrO/c1-3-7-11-8-9(2)5-4-6-10/h5H,3-4,6-8H2,1-2H3. The monoisotopic (exact) mass is 220 g/mol. The Labute approximate surface area is 78.0 Å². The topological polar surface area (TPSA) is 9.23 Å². The van der Waals surface area contributed by atoms with Crippen molar-refractivity contribution in [3.05, 3.63) is 11.6 Å². The number of hydrogen-bond acceptors (Lipinski definition) is 1. The van der Waals surface area contributed by atoms with Crippen molar-refractivity contribution in [3.8, 4) is 0 Å². The smallest absolute Gasteiger partial charge is 0.0674 e. The molecule has 0 aromatic heterocycles. The van der Waals surface area contributed by atoms with Gasteiger partial charge in [0.2, 0.25) is 0 Å². The lowest BCUT2D eigenvalue weighted by atomic mass is 10.3. The number of ether oxygens (including phenoxy) is 1. The van der Waals surface area contributed by atoms with Crippen LogP contribution in [-0.2, 0) is 4.74 Å². The Morgan fingerprint density at radius 1 is 1.55 bits per heavy atom. The maximum Gasteiger partial charge on any atom is 0.0674 e. The zero-order valence-electron chi connectivity index (χ0n) is 7.40. The summed E-state index contributed by atoms with van der Waals surface area (Å²) in [6, 6.07) is 0. The van der Waals surface area contributed by atoms with Crippen LogP contribution >= 0.6 is 15.9 Å². The van der Waals surface area contributed by atoms with Gasteiger partial charge in [0.05, 0.1) is 6.61 Å². The molecule has 0 unspecified atom stereocenters. The van der Waals surface area contributed by atoms with Gasteiger partial charge in [-0.1, -0.05) is 34.5 Å². The number of rotatable bonds is 6. The second-order valence-corrected chi connectivity index (χ2v) is 3.37. The summed E-state index contributed by atoms with van der Waals surface area (Å²) >= 11 is 3.37. The fraction of sp³-hybridized carbons (Fsp3) is 0.778. The number of alkyl halides is 1. The van der Waals surface area contributed by atoms with Gasteiger partial charge >= 0.3 is 0 Å².